The lowest BCUT2D eigenvalue weighted by atomic mass is 10.1. The van der Waals surface area contributed by atoms with Crippen LogP contribution in [0.5, 0.6) is 0 Å². The molecule has 7 nitrogen and oxygen atoms in total. The van der Waals surface area contributed by atoms with Crippen LogP contribution in [0.4, 0.5) is 0 Å². The zero-order valence-electron chi connectivity index (χ0n) is 14.0. The highest BCUT2D eigenvalue weighted by atomic mass is 16.2. The number of fused-ring (bicyclic) bond motifs is 1. The minimum atomic E-state index is -0.237. The van der Waals surface area contributed by atoms with Gasteiger partial charge in [-0.05, 0) is 38.0 Å². The number of hydrogen-bond acceptors (Lipinski definition) is 4. The normalized spacial score (nSPS) is 13.2. The van der Waals surface area contributed by atoms with Gasteiger partial charge in [0.25, 0.3) is 11.8 Å². The lowest BCUT2D eigenvalue weighted by Crippen LogP contribution is -2.31. The van der Waals surface area contributed by atoms with E-state index in [9.17, 15) is 14.4 Å². The van der Waals surface area contributed by atoms with Crippen LogP contribution >= 0.6 is 0 Å². The van der Waals surface area contributed by atoms with Gasteiger partial charge in [-0.2, -0.15) is 5.10 Å². The maximum absolute atomic E-state index is 12.2. The molecule has 0 unspecified atom stereocenters. The van der Waals surface area contributed by atoms with Crippen LogP contribution in [-0.4, -0.2) is 45.9 Å². The van der Waals surface area contributed by atoms with Crippen LogP contribution in [0.15, 0.2) is 30.3 Å². The maximum atomic E-state index is 12.2. The molecule has 0 bridgehead atoms. The van der Waals surface area contributed by atoms with Crippen LogP contribution in [-0.2, 0) is 11.2 Å². The number of nitrogens with zero attached hydrogens (tertiary/aromatic N) is 2. The third-order valence-electron chi connectivity index (χ3n) is 4.11. The Morgan fingerprint density at radius 2 is 1.84 bits per heavy atom. The molecule has 1 aliphatic heterocycles. The Kier molecular flexibility index (Phi) is 4.92. The summed E-state index contributed by atoms with van der Waals surface area (Å²) in [4.78, 5) is 37.5. The molecule has 2 heterocycles. The molecule has 0 atom stereocenters. The number of aromatic amines is 1. The molecule has 0 radical (unpaired) electrons. The topological polar surface area (TPSA) is 95.2 Å². The number of aromatic nitrogens is 2. The number of amides is 3. The van der Waals surface area contributed by atoms with Crippen molar-refractivity contribution in [3.63, 3.8) is 0 Å². The fraction of sp³-hybridized carbons (Fsp3) is 0.333. The van der Waals surface area contributed by atoms with Crippen molar-refractivity contribution in [2.45, 2.75) is 26.2 Å². The molecule has 0 spiro atoms. The third kappa shape index (κ3) is 3.76. The van der Waals surface area contributed by atoms with Crippen LogP contribution in [0.2, 0.25) is 0 Å². The average molecular weight is 340 g/mol. The Hall–Kier alpha value is -2.96. The molecular formula is C18H20N4O3. The zero-order chi connectivity index (χ0) is 17.8. The molecule has 2 N–H and O–H groups in total. The van der Waals surface area contributed by atoms with Crippen molar-refractivity contribution in [1.29, 1.82) is 0 Å². The van der Waals surface area contributed by atoms with Gasteiger partial charge in [0, 0.05) is 18.8 Å². The number of carbonyl (C=O) groups excluding carboxylic acids is 3. The predicted molar refractivity (Wildman–Crippen MR) is 91.1 cm³/mol. The number of imide groups is 1. The van der Waals surface area contributed by atoms with E-state index < -0.39 is 0 Å². The Balaban J connectivity index is 1.39. The molecule has 130 valence electrons. The summed E-state index contributed by atoms with van der Waals surface area (Å²) in [6, 6.07) is 8.69. The largest absolute Gasteiger partial charge is 0.356 e. The standard InChI is InChI=1S/C18H20N4O3/c1-12-10-13(21-20-12)11-16(23)19-8-4-5-9-22-17(24)14-6-2-3-7-15(14)18(22)25/h2-3,6-7,10H,4-5,8-9,11H2,1H3,(H,19,23)(H,20,21). The first-order valence-corrected chi connectivity index (χ1v) is 8.29. The quantitative estimate of drug-likeness (QED) is 0.589. The van der Waals surface area contributed by atoms with Gasteiger partial charge in [-0.15, -0.1) is 0 Å². The summed E-state index contributed by atoms with van der Waals surface area (Å²) >= 11 is 0. The number of aryl methyl sites for hydroxylation is 1. The van der Waals surface area contributed by atoms with E-state index in [1.54, 1.807) is 24.3 Å². The highest BCUT2D eigenvalue weighted by Crippen LogP contribution is 2.22. The molecule has 0 saturated heterocycles. The highest BCUT2D eigenvalue weighted by molar-refractivity contribution is 6.21. The minimum Gasteiger partial charge on any atom is -0.356 e. The summed E-state index contributed by atoms with van der Waals surface area (Å²) in [6.45, 7) is 2.75. The van der Waals surface area contributed by atoms with Crippen LogP contribution in [0.25, 0.3) is 0 Å². The van der Waals surface area contributed by atoms with Gasteiger partial charge in [0.1, 0.15) is 0 Å². The summed E-state index contributed by atoms with van der Waals surface area (Å²) in [5.41, 5.74) is 2.56. The van der Waals surface area contributed by atoms with E-state index in [1.165, 1.54) is 4.90 Å². The fourth-order valence-corrected chi connectivity index (χ4v) is 2.86. The maximum Gasteiger partial charge on any atom is 0.261 e. The molecule has 0 fully saturated rings. The van der Waals surface area contributed by atoms with Crippen LogP contribution < -0.4 is 5.32 Å². The second-order valence-electron chi connectivity index (χ2n) is 6.08. The van der Waals surface area contributed by atoms with Gasteiger partial charge < -0.3 is 5.32 Å². The monoisotopic (exact) mass is 340 g/mol. The van der Waals surface area contributed by atoms with E-state index in [-0.39, 0.29) is 24.1 Å². The van der Waals surface area contributed by atoms with Gasteiger partial charge in [0.15, 0.2) is 0 Å². The SMILES string of the molecule is Cc1cc(CC(=O)NCCCCN2C(=O)c3ccccc3C2=O)n[nH]1. The first-order valence-electron chi connectivity index (χ1n) is 8.29. The first kappa shape index (κ1) is 16.9. The second-order valence-corrected chi connectivity index (χ2v) is 6.08. The number of benzene rings is 1. The summed E-state index contributed by atoms with van der Waals surface area (Å²) in [6.07, 6.45) is 1.58. The van der Waals surface area contributed by atoms with E-state index in [2.05, 4.69) is 15.5 Å². The summed E-state index contributed by atoms with van der Waals surface area (Å²) in [5, 5.41) is 9.64. The minimum absolute atomic E-state index is 0.0905. The molecule has 3 amide bonds. The van der Waals surface area contributed by atoms with Gasteiger partial charge >= 0.3 is 0 Å². The van der Waals surface area contributed by atoms with Gasteiger partial charge in [-0.1, -0.05) is 12.1 Å². The Morgan fingerprint density at radius 3 is 2.44 bits per heavy atom. The van der Waals surface area contributed by atoms with Crippen molar-refractivity contribution in [3.05, 3.63) is 52.8 Å². The van der Waals surface area contributed by atoms with Crippen molar-refractivity contribution in [3.8, 4) is 0 Å². The predicted octanol–water partition coefficient (Wildman–Crippen LogP) is 1.45. The van der Waals surface area contributed by atoms with E-state index in [0.717, 1.165) is 5.69 Å². The smallest absolute Gasteiger partial charge is 0.261 e. The average Bonchev–Trinajstić information content (AvgIpc) is 3.11. The van der Waals surface area contributed by atoms with Gasteiger partial charge in [-0.3, -0.25) is 24.4 Å². The molecule has 2 aromatic rings. The molecular weight excluding hydrogens is 320 g/mol. The summed E-state index contributed by atoms with van der Waals surface area (Å²) in [5.74, 6) is -0.565. The summed E-state index contributed by atoms with van der Waals surface area (Å²) < 4.78 is 0. The van der Waals surface area contributed by atoms with Gasteiger partial charge in [-0.25, -0.2) is 0 Å². The lowest BCUT2D eigenvalue weighted by Gasteiger charge is -2.13. The van der Waals surface area contributed by atoms with Crippen molar-refractivity contribution in [1.82, 2.24) is 20.4 Å². The third-order valence-corrected chi connectivity index (χ3v) is 4.11. The molecule has 0 aliphatic carbocycles. The van der Waals surface area contributed by atoms with Gasteiger partial charge in [0.05, 0.1) is 23.2 Å². The molecule has 1 aliphatic rings. The number of H-pyrrole nitrogens is 1. The first-order chi connectivity index (χ1) is 12.1. The van der Waals surface area contributed by atoms with Gasteiger partial charge in [0.2, 0.25) is 5.91 Å². The molecule has 0 saturated carbocycles. The van der Waals surface area contributed by atoms with Crippen molar-refractivity contribution < 1.29 is 14.4 Å². The van der Waals surface area contributed by atoms with Crippen LogP contribution in [0, 0.1) is 6.92 Å². The zero-order valence-corrected chi connectivity index (χ0v) is 14.0. The number of unbranched alkanes of at least 4 members (excludes halogenated alkanes) is 1. The van der Waals surface area contributed by atoms with E-state index >= 15 is 0 Å². The Morgan fingerprint density at radius 1 is 1.16 bits per heavy atom. The lowest BCUT2D eigenvalue weighted by molar-refractivity contribution is -0.120. The van der Waals surface area contributed by atoms with E-state index in [1.807, 2.05) is 13.0 Å². The van der Waals surface area contributed by atoms with Crippen LogP contribution in [0.3, 0.4) is 0 Å². The number of carbonyl (C=O) groups is 3. The molecule has 1 aromatic heterocycles. The Bertz CT molecular complexity index is 777. The molecule has 1 aromatic carbocycles. The highest BCUT2D eigenvalue weighted by Gasteiger charge is 2.34. The van der Waals surface area contributed by atoms with Crippen molar-refractivity contribution in [2.24, 2.45) is 0 Å². The second kappa shape index (κ2) is 7.29. The summed E-state index contributed by atoms with van der Waals surface area (Å²) in [7, 11) is 0. The number of nitrogens with one attached hydrogen (secondary N) is 2. The van der Waals surface area contributed by atoms with Crippen LogP contribution in [0.1, 0.15) is 44.9 Å². The van der Waals surface area contributed by atoms with E-state index in [4.69, 9.17) is 0 Å². The number of hydrogen-bond donors (Lipinski definition) is 2. The fourth-order valence-electron chi connectivity index (χ4n) is 2.86. The molecule has 7 heteroatoms. The molecule has 25 heavy (non-hydrogen) atoms. The molecule has 3 rings (SSSR count). The van der Waals surface area contributed by atoms with E-state index in [0.29, 0.717) is 42.8 Å². The number of rotatable bonds is 7. The Labute approximate surface area is 145 Å². The van der Waals surface area contributed by atoms with Crippen molar-refractivity contribution >= 4 is 17.7 Å². The van der Waals surface area contributed by atoms with Crippen molar-refractivity contribution in [2.75, 3.05) is 13.1 Å².